The first-order valence-electron chi connectivity index (χ1n) is 7.33. The monoisotopic (exact) mass is 283 g/mol. The average Bonchev–Trinajstić information content (AvgIpc) is 2.50. The van der Waals surface area contributed by atoms with Crippen LogP contribution < -0.4 is 5.32 Å². The zero-order chi connectivity index (χ0) is 13.8. The summed E-state index contributed by atoms with van der Waals surface area (Å²) in [6.45, 7) is 3.46. The second-order valence-corrected chi connectivity index (χ2v) is 6.99. The molecule has 0 radical (unpaired) electrons. The lowest BCUT2D eigenvalue weighted by molar-refractivity contribution is 0.550. The second-order valence-electron chi connectivity index (χ2n) is 5.41. The van der Waals surface area contributed by atoms with E-state index in [0.29, 0.717) is 11.3 Å². The summed E-state index contributed by atoms with van der Waals surface area (Å²) in [4.78, 5) is 0. The van der Waals surface area contributed by atoms with E-state index >= 15 is 0 Å². The SMILES string of the molecule is CC1CCNC(C(c2ccccc2)c2ccccc2)S1. The highest BCUT2D eigenvalue weighted by Crippen LogP contribution is 2.37. The van der Waals surface area contributed by atoms with Crippen LogP contribution in [0.15, 0.2) is 60.7 Å². The summed E-state index contributed by atoms with van der Waals surface area (Å²) < 4.78 is 0. The van der Waals surface area contributed by atoms with E-state index in [-0.39, 0.29) is 0 Å². The largest absolute Gasteiger partial charge is 0.305 e. The standard InChI is InChI=1S/C18H21NS/c1-14-12-13-19-18(20-14)17(15-8-4-2-5-9-15)16-10-6-3-7-11-16/h2-11,14,17-19H,12-13H2,1H3. The van der Waals surface area contributed by atoms with E-state index in [1.54, 1.807) is 0 Å². The van der Waals surface area contributed by atoms with E-state index < -0.39 is 0 Å². The Kier molecular flexibility index (Phi) is 4.44. The summed E-state index contributed by atoms with van der Waals surface area (Å²) in [5.74, 6) is 0.421. The van der Waals surface area contributed by atoms with Crippen LogP contribution in [-0.4, -0.2) is 17.2 Å². The fourth-order valence-corrected chi connectivity index (χ4v) is 4.29. The maximum atomic E-state index is 3.71. The molecule has 2 aromatic rings. The molecule has 0 spiro atoms. The lowest BCUT2D eigenvalue weighted by atomic mass is 9.91. The Bertz CT molecular complexity index is 486. The van der Waals surface area contributed by atoms with Gasteiger partial charge in [0.2, 0.25) is 0 Å². The topological polar surface area (TPSA) is 12.0 Å². The Morgan fingerprint density at radius 3 is 2.00 bits per heavy atom. The molecular weight excluding hydrogens is 262 g/mol. The van der Waals surface area contributed by atoms with Crippen molar-refractivity contribution in [1.82, 2.24) is 5.32 Å². The number of hydrogen-bond donors (Lipinski definition) is 1. The minimum atomic E-state index is 0.421. The molecule has 0 aromatic heterocycles. The molecule has 1 aliphatic heterocycles. The molecule has 0 aliphatic carbocycles. The molecule has 2 atom stereocenters. The molecule has 2 unspecified atom stereocenters. The van der Waals surface area contributed by atoms with Gasteiger partial charge < -0.3 is 5.32 Å². The van der Waals surface area contributed by atoms with Crippen LogP contribution in [0.5, 0.6) is 0 Å². The predicted octanol–water partition coefficient (Wildman–Crippen LogP) is 4.26. The second kappa shape index (κ2) is 6.47. The fraction of sp³-hybridized carbons (Fsp3) is 0.333. The number of thioether (sulfide) groups is 1. The van der Waals surface area contributed by atoms with Crippen molar-refractivity contribution in [3.63, 3.8) is 0 Å². The molecule has 2 heteroatoms. The normalized spacial score (nSPS) is 22.9. The molecule has 1 fully saturated rings. The summed E-state index contributed by atoms with van der Waals surface area (Å²) in [5.41, 5.74) is 2.80. The van der Waals surface area contributed by atoms with E-state index in [4.69, 9.17) is 0 Å². The van der Waals surface area contributed by atoms with Gasteiger partial charge in [-0.15, -0.1) is 11.8 Å². The third-order valence-corrected chi connectivity index (χ3v) is 5.33. The summed E-state index contributed by atoms with van der Waals surface area (Å²) in [7, 11) is 0. The van der Waals surface area contributed by atoms with E-state index in [9.17, 15) is 0 Å². The van der Waals surface area contributed by atoms with Gasteiger partial charge in [-0.3, -0.25) is 0 Å². The van der Waals surface area contributed by atoms with Crippen molar-refractivity contribution < 1.29 is 0 Å². The van der Waals surface area contributed by atoms with Crippen LogP contribution in [0, 0.1) is 0 Å². The van der Waals surface area contributed by atoms with Crippen molar-refractivity contribution in [3.05, 3.63) is 71.8 Å². The molecule has 1 N–H and O–H groups in total. The molecule has 3 rings (SSSR count). The molecule has 1 aliphatic rings. The van der Waals surface area contributed by atoms with Crippen LogP contribution in [0.1, 0.15) is 30.4 Å². The highest BCUT2D eigenvalue weighted by Gasteiger charge is 2.29. The van der Waals surface area contributed by atoms with Gasteiger partial charge in [0.25, 0.3) is 0 Å². The van der Waals surface area contributed by atoms with Crippen LogP contribution >= 0.6 is 11.8 Å². The number of hydrogen-bond acceptors (Lipinski definition) is 2. The van der Waals surface area contributed by atoms with Gasteiger partial charge in [-0.25, -0.2) is 0 Å². The Balaban J connectivity index is 1.95. The Morgan fingerprint density at radius 2 is 1.50 bits per heavy atom. The molecule has 20 heavy (non-hydrogen) atoms. The quantitative estimate of drug-likeness (QED) is 0.903. The first-order chi connectivity index (χ1) is 9.84. The van der Waals surface area contributed by atoms with Crippen molar-refractivity contribution in [2.45, 2.75) is 29.9 Å². The van der Waals surface area contributed by atoms with Crippen LogP contribution in [0.25, 0.3) is 0 Å². The molecular formula is C18H21NS. The number of nitrogens with one attached hydrogen (secondary N) is 1. The van der Waals surface area contributed by atoms with Gasteiger partial charge in [-0.2, -0.15) is 0 Å². The van der Waals surface area contributed by atoms with Crippen LogP contribution in [-0.2, 0) is 0 Å². The van der Waals surface area contributed by atoms with Gasteiger partial charge in [-0.05, 0) is 24.1 Å². The van der Waals surface area contributed by atoms with Gasteiger partial charge in [0, 0.05) is 11.2 Å². The third kappa shape index (κ3) is 3.08. The maximum Gasteiger partial charge on any atom is 0.0645 e. The minimum Gasteiger partial charge on any atom is -0.305 e. The molecule has 0 bridgehead atoms. The number of rotatable bonds is 3. The van der Waals surface area contributed by atoms with Gasteiger partial charge in [0.05, 0.1) is 5.37 Å². The Morgan fingerprint density at radius 1 is 0.950 bits per heavy atom. The van der Waals surface area contributed by atoms with Gasteiger partial charge in [0.1, 0.15) is 0 Å². The summed E-state index contributed by atoms with van der Waals surface area (Å²) in [6.07, 6.45) is 1.26. The molecule has 0 saturated carbocycles. The summed E-state index contributed by atoms with van der Waals surface area (Å²) in [5, 5.41) is 4.90. The highest BCUT2D eigenvalue weighted by atomic mass is 32.2. The van der Waals surface area contributed by atoms with E-state index in [1.165, 1.54) is 17.5 Å². The smallest absolute Gasteiger partial charge is 0.0645 e. The first kappa shape index (κ1) is 13.7. The Hall–Kier alpha value is -1.25. The van der Waals surface area contributed by atoms with Crippen LogP contribution in [0.4, 0.5) is 0 Å². The molecule has 1 nitrogen and oxygen atoms in total. The lowest BCUT2D eigenvalue weighted by Crippen LogP contribution is -2.39. The van der Waals surface area contributed by atoms with Crippen molar-refractivity contribution in [3.8, 4) is 0 Å². The fourth-order valence-electron chi connectivity index (χ4n) is 2.85. The van der Waals surface area contributed by atoms with Crippen molar-refractivity contribution in [2.75, 3.05) is 6.54 Å². The minimum absolute atomic E-state index is 0.421. The number of benzene rings is 2. The van der Waals surface area contributed by atoms with Gasteiger partial charge >= 0.3 is 0 Å². The van der Waals surface area contributed by atoms with E-state index in [0.717, 1.165) is 11.8 Å². The summed E-state index contributed by atoms with van der Waals surface area (Å²) >= 11 is 2.07. The van der Waals surface area contributed by atoms with Gasteiger partial charge in [0.15, 0.2) is 0 Å². The van der Waals surface area contributed by atoms with Crippen LogP contribution in [0.2, 0.25) is 0 Å². The molecule has 2 aromatic carbocycles. The van der Waals surface area contributed by atoms with Gasteiger partial charge in [-0.1, -0.05) is 67.6 Å². The van der Waals surface area contributed by atoms with E-state index in [2.05, 4.69) is 84.7 Å². The first-order valence-corrected chi connectivity index (χ1v) is 8.27. The molecule has 104 valence electrons. The lowest BCUT2D eigenvalue weighted by Gasteiger charge is -2.34. The van der Waals surface area contributed by atoms with Crippen molar-refractivity contribution in [1.29, 1.82) is 0 Å². The average molecular weight is 283 g/mol. The van der Waals surface area contributed by atoms with Crippen molar-refractivity contribution in [2.24, 2.45) is 0 Å². The van der Waals surface area contributed by atoms with Crippen molar-refractivity contribution >= 4 is 11.8 Å². The molecule has 0 amide bonds. The Labute approximate surface area is 125 Å². The maximum absolute atomic E-state index is 3.71. The summed E-state index contributed by atoms with van der Waals surface area (Å²) in [6, 6.07) is 21.7. The van der Waals surface area contributed by atoms with Crippen LogP contribution in [0.3, 0.4) is 0 Å². The zero-order valence-corrected chi connectivity index (χ0v) is 12.6. The molecule has 1 saturated heterocycles. The van der Waals surface area contributed by atoms with E-state index in [1.807, 2.05) is 0 Å². The predicted molar refractivity (Wildman–Crippen MR) is 88.2 cm³/mol. The highest BCUT2D eigenvalue weighted by molar-refractivity contribution is 8.00. The molecule has 1 heterocycles. The zero-order valence-electron chi connectivity index (χ0n) is 11.8. The third-order valence-electron chi connectivity index (χ3n) is 3.90.